The Morgan fingerprint density at radius 2 is 1.06 bits per heavy atom. The zero-order valence-corrected chi connectivity index (χ0v) is 29.0. The standard InChI is InChI=1S/C50H29N3O/c1-2-13-30(14-3-1)32-16-12-17-33(29-32)46-41-26-25-31-15-4-5-18-34(31)47(41)52-50(51-46)53-42-24-11-10-21-37(42)39-27-28-43-45(48(39)53)44-38-22-8-6-19-35(38)36-20-7-9-23-40(36)49(44)54-43/h1-29H. The maximum Gasteiger partial charge on any atom is 0.235 e. The summed E-state index contributed by atoms with van der Waals surface area (Å²) in [7, 11) is 0. The summed E-state index contributed by atoms with van der Waals surface area (Å²) in [4.78, 5) is 11.1. The SMILES string of the molecule is c1ccc(-c2cccc(-c3nc(-n4c5ccccc5c5ccc6oc7c8ccccc8c8ccccc8c7c6c54)nc4c3ccc3ccccc34)c2)cc1. The molecule has 0 N–H and O–H groups in total. The van der Waals surface area contributed by atoms with Crippen molar-refractivity contribution in [2.75, 3.05) is 0 Å². The first kappa shape index (κ1) is 29.3. The summed E-state index contributed by atoms with van der Waals surface area (Å²) in [5.74, 6) is 0.622. The van der Waals surface area contributed by atoms with E-state index in [1.165, 1.54) is 16.3 Å². The van der Waals surface area contributed by atoms with Crippen LogP contribution in [0.25, 0.3) is 115 Å². The molecule has 0 aliphatic heterocycles. The van der Waals surface area contributed by atoms with Gasteiger partial charge in [-0.05, 0) is 63.0 Å². The molecule has 250 valence electrons. The van der Waals surface area contributed by atoms with E-state index in [2.05, 4.69) is 180 Å². The minimum absolute atomic E-state index is 0.622. The van der Waals surface area contributed by atoms with E-state index < -0.39 is 0 Å². The molecule has 0 spiro atoms. The second-order valence-electron chi connectivity index (χ2n) is 14.1. The molecular weight excluding hydrogens is 659 g/mol. The average molecular weight is 688 g/mol. The second-order valence-corrected chi connectivity index (χ2v) is 14.1. The van der Waals surface area contributed by atoms with Crippen LogP contribution in [0.15, 0.2) is 180 Å². The van der Waals surface area contributed by atoms with Crippen LogP contribution < -0.4 is 0 Å². The molecule has 4 heteroatoms. The lowest BCUT2D eigenvalue weighted by Crippen LogP contribution is -2.04. The van der Waals surface area contributed by atoms with Gasteiger partial charge >= 0.3 is 0 Å². The maximum atomic E-state index is 6.89. The maximum absolute atomic E-state index is 6.89. The first-order valence-electron chi connectivity index (χ1n) is 18.3. The Kier molecular flexibility index (Phi) is 6.02. The zero-order chi connectivity index (χ0) is 35.3. The van der Waals surface area contributed by atoms with Crippen LogP contribution in [0.2, 0.25) is 0 Å². The Hall–Kier alpha value is -7.30. The van der Waals surface area contributed by atoms with Gasteiger partial charge in [0.1, 0.15) is 11.2 Å². The summed E-state index contributed by atoms with van der Waals surface area (Å²) in [5, 5.41) is 12.4. The van der Waals surface area contributed by atoms with Crippen molar-refractivity contribution in [1.29, 1.82) is 0 Å². The van der Waals surface area contributed by atoms with Crippen molar-refractivity contribution in [3.63, 3.8) is 0 Å². The quantitative estimate of drug-likeness (QED) is 0.174. The van der Waals surface area contributed by atoms with E-state index in [0.717, 1.165) is 93.0 Å². The molecule has 0 amide bonds. The van der Waals surface area contributed by atoms with Gasteiger partial charge in [-0.15, -0.1) is 0 Å². The van der Waals surface area contributed by atoms with Gasteiger partial charge < -0.3 is 4.42 Å². The molecule has 9 aromatic carbocycles. The third kappa shape index (κ3) is 4.08. The van der Waals surface area contributed by atoms with E-state index in [0.29, 0.717) is 5.95 Å². The van der Waals surface area contributed by atoms with Crippen LogP contribution >= 0.6 is 0 Å². The first-order valence-corrected chi connectivity index (χ1v) is 18.3. The van der Waals surface area contributed by atoms with Crippen LogP contribution in [-0.2, 0) is 0 Å². The summed E-state index contributed by atoms with van der Waals surface area (Å²) in [6.07, 6.45) is 0. The van der Waals surface area contributed by atoms with Gasteiger partial charge in [0.2, 0.25) is 5.95 Å². The second kappa shape index (κ2) is 11.1. The molecule has 0 fully saturated rings. The van der Waals surface area contributed by atoms with E-state index in [9.17, 15) is 0 Å². The molecule has 0 aliphatic carbocycles. The number of fused-ring (bicyclic) bond motifs is 15. The van der Waals surface area contributed by atoms with Gasteiger partial charge in [-0.2, -0.15) is 0 Å². The van der Waals surface area contributed by atoms with Crippen LogP contribution in [0.1, 0.15) is 0 Å². The molecule has 0 atom stereocenters. The van der Waals surface area contributed by atoms with Gasteiger partial charge in [0.25, 0.3) is 0 Å². The van der Waals surface area contributed by atoms with E-state index in [1.807, 2.05) is 0 Å². The molecule has 3 aromatic heterocycles. The van der Waals surface area contributed by atoms with Gasteiger partial charge in [-0.1, -0.05) is 146 Å². The molecule has 0 radical (unpaired) electrons. The number of nitrogens with zero attached hydrogens (tertiary/aromatic N) is 3. The Labute approximate surface area is 309 Å². The molecule has 0 saturated carbocycles. The van der Waals surface area contributed by atoms with Crippen LogP contribution in [-0.4, -0.2) is 14.5 Å². The predicted molar refractivity (Wildman–Crippen MR) is 225 cm³/mol. The third-order valence-corrected chi connectivity index (χ3v) is 11.2. The highest BCUT2D eigenvalue weighted by molar-refractivity contribution is 6.35. The summed E-state index contributed by atoms with van der Waals surface area (Å²) in [6.45, 7) is 0. The van der Waals surface area contributed by atoms with Gasteiger partial charge in [-0.3, -0.25) is 4.57 Å². The summed E-state index contributed by atoms with van der Waals surface area (Å²) in [6, 6.07) is 62.3. The van der Waals surface area contributed by atoms with Gasteiger partial charge in [-0.25, -0.2) is 9.97 Å². The lowest BCUT2D eigenvalue weighted by molar-refractivity contribution is 0.673. The topological polar surface area (TPSA) is 43.9 Å². The molecule has 4 nitrogen and oxygen atoms in total. The highest BCUT2D eigenvalue weighted by atomic mass is 16.3. The van der Waals surface area contributed by atoms with Crippen LogP contribution in [0.3, 0.4) is 0 Å². The lowest BCUT2D eigenvalue weighted by atomic mass is 9.96. The molecule has 0 saturated heterocycles. The normalized spacial score (nSPS) is 12.1. The highest BCUT2D eigenvalue weighted by Gasteiger charge is 2.24. The van der Waals surface area contributed by atoms with Gasteiger partial charge in [0, 0.05) is 37.9 Å². The fraction of sp³-hybridized carbons (Fsp3) is 0. The molecule has 3 heterocycles. The molecule has 0 aliphatic rings. The minimum Gasteiger partial charge on any atom is -0.455 e. The predicted octanol–water partition coefficient (Wildman–Crippen LogP) is 13.4. The monoisotopic (exact) mass is 687 g/mol. The van der Waals surface area contributed by atoms with Crippen molar-refractivity contribution in [3.8, 4) is 28.3 Å². The van der Waals surface area contributed by atoms with Gasteiger partial charge in [0.15, 0.2) is 0 Å². The van der Waals surface area contributed by atoms with Crippen molar-refractivity contribution in [1.82, 2.24) is 14.5 Å². The van der Waals surface area contributed by atoms with Crippen molar-refractivity contribution >= 4 is 87.0 Å². The minimum atomic E-state index is 0.622. The fourth-order valence-corrected chi connectivity index (χ4v) is 8.80. The number of benzene rings is 9. The van der Waals surface area contributed by atoms with E-state index >= 15 is 0 Å². The largest absolute Gasteiger partial charge is 0.455 e. The summed E-state index contributed by atoms with van der Waals surface area (Å²) >= 11 is 0. The first-order chi connectivity index (χ1) is 26.8. The van der Waals surface area contributed by atoms with Crippen LogP contribution in [0.5, 0.6) is 0 Å². The number of furan rings is 1. The summed E-state index contributed by atoms with van der Waals surface area (Å²) < 4.78 is 9.17. The fourth-order valence-electron chi connectivity index (χ4n) is 8.80. The zero-order valence-electron chi connectivity index (χ0n) is 29.0. The van der Waals surface area contributed by atoms with Crippen LogP contribution in [0.4, 0.5) is 0 Å². The van der Waals surface area contributed by atoms with Crippen molar-refractivity contribution in [2.24, 2.45) is 0 Å². The average Bonchev–Trinajstić information content (AvgIpc) is 3.80. The number of hydrogen-bond acceptors (Lipinski definition) is 3. The third-order valence-electron chi connectivity index (χ3n) is 11.2. The number of rotatable bonds is 3. The molecule has 12 rings (SSSR count). The van der Waals surface area contributed by atoms with E-state index in [1.54, 1.807) is 0 Å². The highest BCUT2D eigenvalue weighted by Crippen LogP contribution is 2.46. The van der Waals surface area contributed by atoms with E-state index in [4.69, 9.17) is 14.4 Å². The lowest BCUT2D eigenvalue weighted by Gasteiger charge is -2.14. The van der Waals surface area contributed by atoms with Crippen molar-refractivity contribution in [2.45, 2.75) is 0 Å². The van der Waals surface area contributed by atoms with Crippen LogP contribution in [0, 0.1) is 0 Å². The molecular formula is C50H29N3O. The Bertz CT molecular complexity index is 3500. The number of para-hydroxylation sites is 1. The number of hydrogen-bond donors (Lipinski definition) is 0. The molecule has 0 unspecified atom stereocenters. The number of aromatic nitrogens is 3. The van der Waals surface area contributed by atoms with Crippen molar-refractivity contribution < 1.29 is 4.42 Å². The Morgan fingerprint density at radius 1 is 0.407 bits per heavy atom. The van der Waals surface area contributed by atoms with E-state index in [-0.39, 0.29) is 0 Å². The Morgan fingerprint density at radius 3 is 1.91 bits per heavy atom. The smallest absolute Gasteiger partial charge is 0.235 e. The molecule has 12 aromatic rings. The van der Waals surface area contributed by atoms with Gasteiger partial charge in [0.05, 0.1) is 27.6 Å². The molecule has 0 bridgehead atoms. The summed E-state index contributed by atoms with van der Waals surface area (Å²) in [5.41, 5.74) is 8.98. The Balaban J connectivity index is 1.26. The molecule has 54 heavy (non-hydrogen) atoms. The van der Waals surface area contributed by atoms with Crippen molar-refractivity contribution in [3.05, 3.63) is 176 Å².